The molecule has 94 valence electrons. The Morgan fingerprint density at radius 2 is 2.06 bits per heavy atom. The summed E-state index contributed by atoms with van der Waals surface area (Å²) in [6.07, 6.45) is 0.847. The van der Waals surface area contributed by atoms with Crippen LogP contribution in [0.3, 0.4) is 0 Å². The number of carbonyl (C=O) groups is 1. The standard InChI is InChI=1S/C13H20N2O2/c1-10(16)9-15-13(17)12(14)8-7-11-5-3-2-4-6-11/h2-6,10,12,16H,7-9,14H2,1H3,(H,15,17). The maximum Gasteiger partial charge on any atom is 0.237 e. The molecule has 0 aliphatic heterocycles. The van der Waals surface area contributed by atoms with Crippen LogP contribution < -0.4 is 11.1 Å². The highest BCUT2D eigenvalue weighted by molar-refractivity contribution is 5.81. The molecule has 0 aromatic heterocycles. The molecule has 0 saturated carbocycles. The van der Waals surface area contributed by atoms with Crippen LogP contribution in [0.1, 0.15) is 18.9 Å². The Bertz CT molecular complexity index is 339. The summed E-state index contributed by atoms with van der Waals surface area (Å²) in [5.74, 6) is -0.207. The molecule has 0 bridgehead atoms. The van der Waals surface area contributed by atoms with E-state index >= 15 is 0 Å². The van der Waals surface area contributed by atoms with Crippen LogP contribution in [0.4, 0.5) is 0 Å². The number of nitrogens with two attached hydrogens (primary N) is 1. The summed E-state index contributed by atoms with van der Waals surface area (Å²) in [6.45, 7) is 1.87. The third kappa shape index (κ3) is 5.47. The largest absolute Gasteiger partial charge is 0.392 e. The van der Waals surface area contributed by atoms with Crippen LogP contribution in [0, 0.1) is 0 Å². The molecule has 4 heteroatoms. The molecule has 0 fully saturated rings. The summed E-state index contributed by atoms with van der Waals surface area (Å²) in [5, 5.41) is 11.6. The second kappa shape index (κ2) is 7.04. The fourth-order valence-corrected chi connectivity index (χ4v) is 1.48. The monoisotopic (exact) mass is 236 g/mol. The van der Waals surface area contributed by atoms with Crippen LogP contribution in [0.25, 0.3) is 0 Å². The first-order chi connectivity index (χ1) is 8.09. The number of hydrogen-bond acceptors (Lipinski definition) is 3. The van der Waals surface area contributed by atoms with Crippen LogP contribution in [0.15, 0.2) is 30.3 Å². The van der Waals surface area contributed by atoms with Gasteiger partial charge in [-0.1, -0.05) is 30.3 Å². The number of benzene rings is 1. The summed E-state index contributed by atoms with van der Waals surface area (Å²) >= 11 is 0. The minimum absolute atomic E-state index is 0.207. The van der Waals surface area contributed by atoms with Crippen LogP contribution in [-0.2, 0) is 11.2 Å². The minimum Gasteiger partial charge on any atom is -0.392 e. The van der Waals surface area contributed by atoms with Crippen molar-refractivity contribution in [2.75, 3.05) is 6.54 Å². The van der Waals surface area contributed by atoms with Gasteiger partial charge in [0.1, 0.15) is 0 Å². The molecule has 4 nitrogen and oxygen atoms in total. The van der Waals surface area contributed by atoms with E-state index < -0.39 is 12.1 Å². The van der Waals surface area contributed by atoms with E-state index in [9.17, 15) is 4.79 Å². The summed E-state index contributed by atoms with van der Waals surface area (Å²) < 4.78 is 0. The zero-order chi connectivity index (χ0) is 12.7. The highest BCUT2D eigenvalue weighted by Crippen LogP contribution is 2.03. The molecule has 1 amide bonds. The molecule has 0 radical (unpaired) electrons. The summed E-state index contributed by atoms with van der Waals surface area (Å²) in [6, 6.07) is 9.40. The molecule has 1 rings (SSSR count). The highest BCUT2D eigenvalue weighted by Gasteiger charge is 2.13. The summed E-state index contributed by atoms with van der Waals surface area (Å²) in [4.78, 5) is 11.5. The Kier molecular flexibility index (Phi) is 5.66. The Morgan fingerprint density at radius 1 is 1.41 bits per heavy atom. The van der Waals surface area contributed by atoms with Gasteiger partial charge in [0, 0.05) is 6.54 Å². The molecule has 0 saturated heterocycles. The maximum absolute atomic E-state index is 11.5. The van der Waals surface area contributed by atoms with Gasteiger partial charge in [0.05, 0.1) is 12.1 Å². The van der Waals surface area contributed by atoms with E-state index in [1.165, 1.54) is 5.56 Å². The summed E-state index contributed by atoms with van der Waals surface area (Å²) in [5.41, 5.74) is 6.93. The predicted molar refractivity (Wildman–Crippen MR) is 67.4 cm³/mol. The van der Waals surface area contributed by atoms with E-state index in [1.54, 1.807) is 6.92 Å². The number of aliphatic hydroxyl groups excluding tert-OH is 1. The lowest BCUT2D eigenvalue weighted by atomic mass is 10.1. The van der Waals surface area contributed by atoms with Crippen molar-refractivity contribution in [1.82, 2.24) is 5.32 Å². The van der Waals surface area contributed by atoms with Crippen LogP contribution in [-0.4, -0.2) is 29.7 Å². The number of carbonyl (C=O) groups excluding carboxylic acids is 1. The minimum atomic E-state index is -0.541. The SMILES string of the molecule is CC(O)CNC(=O)C(N)CCc1ccccc1. The summed E-state index contributed by atoms with van der Waals surface area (Å²) in [7, 11) is 0. The Balaban J connectivity index is 2.29. The number of amides is 1. The van der Waals surface area contributed by atoms with E-state index in [-0.39, 0.29) is 12.5 Å². The van der Waals surface area contributed by atoms with Crippen molar-refractivity contribution in [3.05, 3.63) is 35.9 Å². The van der Waals surface area contributed by atoms with Crippen molar-refractivity contribution in [2.45, 2.75) is 31.9 Å². The van der Waals surface area contributed by atoms with E-state index in [2.05, 4.69) is 5.32 Å². The molecule has 0 aliphatic carbocycles. The second-order valence-electron chi connectivity index (χ2n) is 4.22. The first-order valence-corrected chi connectivity index (χ1v) is 5.85. The normalized spacial score (nSPS) is 14.1. The Morgan fingerprint density at radius 3 is 2.65 bits per heavy atom. The predicted octanol–water partition coefficient (Wildman–Crippen LogP) is 0.444. The zero-order valence-corrected chi connectivity index (χ0v) is 10.1. The molecular weight excluding hydrogens is 216 g/mol. The van der Waals surface area contributed by atoms with Crippen molar-refractivity contribution >= 4 is 5.91 Å². The molecule has 0 aliphatic rings. The van der Waals surface area contributed by atoms with Crippen molar-refractivity contribution in [3.63, 3.8) is 0 Å². The average Bonchev–Trinajstić information content (AvgIpc) is 2.34. The number of rotatable bonds is 6. The van der Waals surface area contributed by atoms with Crippen molar-refractivity contribution < 1.29 is 9.90 Å². The lowest BCUT2D eigenvalue weighted by Gasteiger charge is -2.13. The van der Waals surface area contributed by atoms with Gasteiger partial charge in [-0.25, -0.2) is 0 Å². The molecule has 2 unspecified atom stereocenters. The third-order valence-corrected chi connectivity index (χ3v) is 2.50. The molecular formula is C13H20N2O2. The lowest BCUT2D eigenvalue weighted by Crippen LogP contribution is -2.43. The first kappa shape index (κ1) is 13.7. The second-order valence-corrected chi connectivity index (χ2v) is 4.22. The van der Waals surface area contributed by atoms with Gasteiger partial charge >= 0.3 is 0 Å². The number of nitrogens with one attached hydrogen (secondary N) is 1. The molecule has 17 heavy (non-hydrogen) atoms. The van der Waals surface area contributed by atoms with Gasteiger partial charge in [0.25, 0.3) is 0 Å². The Labute approximate surface area is 102 Å². The van der Waals surface area contributed by atoms with Gasteiger partial charge in [-0.05, 0) is 25.3 Å². The Hall–Kier alpha value is -1.39. The van der Waals surface area contributed by atoms with Gasteiger partial charge in [0.2, 0.25) is 5.91 Å². The van der Waals surface area contributed by atoms with Gasteiger partial charge in [-0.3, -0.25) is 4.79 Å². The van der Waals surface area contributed by atoms with Crippen LogP contribution in [0.2, 0.25) is 0 Å². The number of hydrogen-bond donors (Lipinski definition) is 3. The molecule has 0 heterocycles. The molecule has 2 atom stereocenters. The highest BCUT2D eigenvalue weighted by atomic mass is 16.3. The van der Waals surface area contributed by atoms with E-state index in [0.717, 1.165) is 6.42 Å². The maximum atomic E-state index is 11.5. The first-order valence-electron chi connectivity index (χ1n) is 5.85. The number of aliphatic hydroxyl groups is 1. The molecule has 1 aromatic carbocycles. The van der Waals surface area contributed by atoms with E-state index in [0.29, 0.717) is 6.42 Å². The molecule has 0 spiro atoms. The quantitative estimate of drug-likeness (QED) is 0.671. The van der Waals surface area contributed by atoms with Gasteiger partial charge < -0.3 is 16.2 Å². The van der Waals surface area contributed by atoms with Gasteiger partial charge in [0.15, 0.2) is 0 Å². The third-order valence-electron chi connectivity index (χ3n) is 2.50. The smallest absolute Gasteiger partial charge is 0.237 e. The van der Waals surface area contributed by atoms with Crippen molar-refractivity contribution in [3.8, 4) is 0 Å². The van der Waals surface area contributed by atoms with Crippen molar-refractivity contribution in [2.24, 2.45) is 5.73 Å². The fourth-order valence-electron chi connectivity index (χ4n) is 1.48. The lowest BCUT2D eigenvalue weighted by molar-refractivity contribution is -0.122. The van der Waals surface area contributed by atoms with Crippen LogP contribution >= 0.6 is 0 Å². The van der Waals surface area contributed by atoms with Crippen LogP contribution in [0.5, 0.6) is 0 Å². The zero-order valence-electron chi connectivity index (χ0n) is 10.1. The van der Waals surface area contributed by atoms with Crippen molar-refractivity contribution in [1.29, 1.82) is 0 Å². The average molecular weight is 236 g/mol. The van der Waals surface area contributed by atoms with E-state index in [1.807, 2.05) is 30.3 Å². The fraction of sp³-hybridized carbons (Fsp3) is 0.462. The number of aryl methyl sites for hydroxylation is 1. The molecule has 1 aromatic rings. The van der Waals surface area contributed by atoms with Gasteiger partial charge in [-0.2, -0.15) is 0 Å². The molecule has 4 N–H and O–H groups in total. The van der Waals surface area contributed by atoms with E-state index in [4.69, 9.17) is 10.8 Å². The topological polar surface area (TPSA) is 75.3 Å². The van der Waals surface area contributed by atoms with Gasteiger partial charge in [-0.15, -0.1) is 0 Å².